The number of anilines is 1. The molecule has 0 aliphatic heterocycles. The Hall–Kier alpha value is -1.56. The van der Waals surface area contributed by atoms with Gasteiger partial charge in [0.15, 0.2) is 0 Å². The molecule has 0 fully saturated rings. The fourth-order valence-electron chi connectivity index (χ4n) is 2.26. The molecule has 2 aromatic carbocycles. The molecule has 3 nitrogen and oxygen atoms in total. The lowest BCUT2D eigenvalue weighted by atomic mass is 10.1. The van der Waals surface area contributed by atoms with Crippen LogP contribution in [0.15, 0.2) is 36.4 Å². The molecule has 4 heteroatoms. The normalized spacial score (nSPS) is 10.4. The monoisotopic (exact) mass is 423 g/mol. The molecule has 1 amide bonds. The van der Waals surface area contributed by atoms with Crippen LogP contribution in [0.5, 0.6) is 5.75 Å². The second-order valence-corrected chi connectivity index (χ2v) is 6.68. The van der Waals surface area contributed by atoms with Crippen LogP contribution in [0.4, 0.5) is 5.69 Å². The van der Waals surface area contributed by atoms with Gasteiger partial charge < -0.3 is 10.1 Å². The van der Waals surface area contributed by atoms with E-state index in [4.69, 9.17) is 4.74 Å². The van der Waals surface area contributed by atoms with Crippen molar-refractivity contribution in [3.05, 3.63) is 56.7 Å². The first-order valence-electron chi connectivity index (χ1n) is 7.82. The molecular weight excluding hydrogens is 401 g/mol. The Balaban J connectivity index is 2.03. The molecule has 0 heterocycles. The van der Waals surface area contributed by atoms with Gasteiger partial charge >= 0.3 is 0 Å². The molecule has 23 heavy (non-hydrogen) atoms. The summed E-state index contributed by atoms with van der Waals surface area (Å²) in [5.74, 6) is 0.695. The van der Waals surface area contributed by atoms with Crippen LogP contribution in [0, 0.1) is 17.4 Å². The molecular formula is C19H22INO2. The van der Waals surface area contributed by atoms with Crippen LogP contribution in [0.25, 0.3) is 0 Å². The number of unbranched alkanes of at least 4 members (excludes halogenated alkanes) is 1. The molecule has 0 aromatic heterocycles. The summed E-state index contributed by atoms with van der Waals surface area (Å²) in [5, 5.41) is 2.96. The maximum Gasteiger partial charge on any atom is 0.255 e. The van der Waals surface area contributed by atoms with E-state index in [9.17, 15) is 4.79 Å². The molecule has 1 N–H and O–H groups in total. The highest BCUT2D eigenvalue weighted by Gasteiger charge is 2.08. The number of nitrogens with one attached hydrogen (secondary N) is 1. The molecule has 0 bridgehead atoms. The van der Waals surface area contributed by atoms with Crippen LogP contribution in [0.2, 0.25) is 0 Å². The molecule has 122 valence electrons. The van der Waals surface area contributed by atoms with E-state index < -0.39 is 0 Å². The van der Waals surface area contributed by atoms with Crippen LogP contribution >= 0.6 is 22.6 Å². The number of rotatable bonds is 6. The van der Waals surface area contributed by atoms with Crippen LogP contribution in [-0.2, 0) is 0 Å². The molecule has 0 spiro atoms. The molecule has 0 saturated carbocycles. The van der Waals surface area contributed by atoms with Crippen molar-refractivity contribution < 1.29 is 9.53 Å². The second kappa shape index (κ2) is 8.34. The van der Waals surface area contributed by atoms with E-state index in [0.717, 1.165) is 24.3 Å². The lowest BCUT2D eigenvalue weighted by Crippen LogP contribution is -2.12. The first kappa shape index (κ1) is 17.8. The van der Waals surface area contributed by atoms with Gasteiger partial charge in [0.2, 0.25) is 0 Å². The largest absolute Gasteiger partial charge is 0.494 e. The molecule has 2 aromatic rings. The number of halogens is 1. The van der Waals surface area contributed by atoms with Crippen molar-refractivity contribution >= 4 is 34.2 Å². The Morgan fingerprint density at radius 2 is 1.74 bits per heavy atom. The van der Waals surface area contributed by atoms with Gasteiger partial charge in [-0.2, -0.15) is 0 Å². The predicted octanol–water partition coefficient (Wildman–Crippen LogP) is 5.34. The number of hydrogen-bond acceptors (Lipinski definition) is 2. The lowest BCUT2D eigenvalue weighted by Gasteiger charge is -2.10. The van der Waals surface area contributed by atoms with Crippen molar-refractivity contribution in [1.29, 1.82) is 0 Å². The maximum absolute atomic E-state index is 12.3. The van der Waals surface area contributed by atoms with Crippen LogP contribution in [0.3, 0.4) is 0 Å². The van der Waals surface area contributed by atoms with Crippen molar-refractivity contribution in [2.75, 3.05) is 11.9 Å². The first-order chi connectivity index (χ1) is 11.0. The Morgan fingerprint density at radius 3 is 2.30 bits per heavy atom. The average molecular weight is 423 g/mol. The Bertz CT molecular complexity index is 657. The van der Waals surface area contributed by atoms with E-state index >= 15 is 0 Å². The zero-order chi connectivity index (χ0) is 16.8. The number of benzene rings is 2. The number of aryl methyl sites for hydroxylation is 2. The standard InChI is InChI=1S/C19H22INO2/c1-4-5-10-23-17-8-6-15(7-9-17)19(22)21-16-11-13(2)18(20)14(3)12-16/h6-9,11-12H,4-5,10H2,1-3H3,(H,21,22). The molecule has 0 aliphatic carbocycles. The molecule has 0 aliphatic rings. The van der Waals surface area contributed by atoms with E-state index in [0.29, 0.717) is 12.2 Å². The lowest BCUT2D eigenvalue weighted by molar-refractivity contribution is 0.102. The smallest absolute Gasteiger partial charge is 0.255 e. The third-order valence-electron chi connectivity index (χ3n) is 3.58. The zero-order valence-electron chi connectivity index (χ0n) is 13.8. The summed E-state index contributed by atoms with van der Waals surface area (Å²) >= 11 is 2.32. The maximum atomic E-state index is 12.3. The summed E-state index contributed by atoms with van der Waals surface area (Å²) in [6.45, 7) is 6.94. The van der Waals surface area contributed by atoms with Crippen LogP contribution in [0.1, 0.15) is 41.3 Å². The number of ether oxygens (including phenoxy) is 1. The van der Waals surface area contributed by atoms with Crippen molar-refractivity contribution in [2.24, 2.45) is 0 Å². The quantitative estimate of drug-likeness (QED) is 0.503. The minimum atomic E-state index is -0.106. The highest BCUT2D eigenvalue weighted by atomic mass is 127. The van der Waals surface area contributed by atoms with Gasteiger partial charge in [0, 0.05) is 14.8 Å². The summed E-state index contributed by atoms with van der Waals surface area (Å²) in [5.41, 5.74) is 3.79. The van der Waals surface area contributed by atoms with Gasteiger partial charge in [0.1, 0.15) is 5.75 Å². The highest BCUT2D eigenvalue weighted by molar-refractivity contribution is 14.1. The molecule has 0 saturated heterocycles. The molecule has 0 atom stereocenters. The summed E-state index contributed by atoms with van der Waals surface area (Å²) in [6.07, 6.45) is 2.14. The minimum Gasteiger partial charge on any atom is -0.494 e. The summed E-state index contributed by atoms with van der Waals surface area (Å²) in [6, 6.07) is 11.3. The molecule has 0 radical (unpaired) electrons. The average Bonchev–Trinajstić information content (AvgIpc) is 2.53. The Kier molecular flexibility index (Phi) is 6.45. The fourth-order valence-corrected chi connectivity index (χ4v) is 2.57. The van der Waals surface area contributed by atoms with E-state index in [2.05, 4.69) is 34.8 Å². The number of hydrogen-bond donors (Lipinski definition) is 1. The van der Waals surface area contributed by atoms with Crippen molar-refractivity contribution in [1.82, 2.24) is 0 Å². The van der Waals surface area contributed by atoms with Crippen molar-refractivity contribution in [3.8, 4) is 5.75 Å². The highest BCUT2D eigenvalue weighted by Crippen LogP contribution is 2.22. The zero-order valence-corrected chi connectivity index (χ0v) is 15.9. The van der Waals surface area contributed by atoms with Crippen molar-refractivity contribution in [3.63, 3.8) is 0 Å². The van der Waals surface area contributed by atoms with E-state index in [1.807, 2.05) is 38.1 Å². The Morgan fingerprint density at radius 1 is 1.13 bits per heavy atom. The van der Waals surface area contributed by atoms with Crippen LogP contribution < -0.4 is 10.1 Å². The summed E-state index contributed by atoms with van der Waals surface area (Å²) in [4.78, 5) is 12.3. The van der Waals surface area contributed by atoms with E-state index in [1.165, 1.54) is 14.7 Å². The summed E-state index contributed by atoms with van der Waals surface area (Å²) < 4.78 is 6.84. The van der Waals surface area contributed by atoms with Crippen molar-refractivity contribution in [2.45, 2.75) is 33.6 Å². The van der Waals surface area contributed by atoms with Gasteiger partial charge in [-0.3, -0.25) is 4.79 Å². The first-order valence-corrected chi connectivity index (χ1v) is 8.90. The van der Waals surface area contributed by atoms with Gasteiger partial charge in [0.05, 0.1) is 6.61 Å². The van der Waals surface area contributed by atoms with Gasteiger partial charge in [-0.1, -0.05) is 13.3 Å². The van der Waals surface area contributed by atoms with E-state index in [-0.39, 0.29) is 5.91 Å². The third-order valence-corrected chi connectivity index (χ3v) is 5.28. The third kappa shape index (κ3) is 4.96. The predicted molar refractivity (Wildman–Crippen MR) is 103 cm³/mol. The molecule has 2 rings (SSSR count). The van der Waals surface area contributed by atoms with E-state index in [1.54, 1.807) is 12.1 Å². The summed E-state index contributed by atoms with van der Waals surface area (Å²) in [7, 11) is 0. The van der Waals surface area contributed by atoms with Gasteiger partial charge in [-0.25, -0.2) is 0 Å². The van der Waals surface area contributed by atoms with Gasteiger partial charge in [-0.15, -0.1) is 0 Å². The number of carbonyl (C=O) groups is 1. The SMILES string of the molecule is CCCCOc1ccc(C(=O)Nc2cc(C)c(I)c(C)c2)cc1. The number of carbonyl (C=O) groups excluding carboxylic acids is 1. The minimum absolute atomic E-state index is 0.106. The van der Waals surface area contributed by atoms with Crippen LogP contribution in [-0.4, -0.2) is 12.5 Å². The fraction of sp³-hybridized carbons (Fsp3) is 0.316. The second-order valence-electron chi connectivity index (χ2n) is 5.60. The van der Waals surface area contributed by atoms with Gasteiger partial charge in [0.25, 0.3) is 5.91 Å². The topological polar surface area (TPSA) is 38.3 Å². The molecule has 0 unspecified atom stereocenters. The number of amides is 1. The Labute approximate surface area is 151 Å². The van der Waals surface area contributed by atoms with Gasteiger partial charge in [-0.05, 0) is 90.4 Å².